The molecule has 0 aliphatic heterocycles. The minimum Gasteiger partial charge on any atom is -0.452 e. The van der Waals surface area contributed by atoms with Crippen LogP contribution in [0.1, 0.15) is 24.1 Å². The Kier molecular flexibility index (Phi) is 6.75. The van der Waals surface area contributed by atoms with Gasteiger partial charge in [-0.05, 0) is 30.2 Å². The lowest BCUT2D eigenvalue weighted by molar-refractivity contribution is -0.144. The van der Waals surface area contributed by atoms with Crippen LogP contribution >= 0.6 is 15.9 Å². The lowest BCUT2D eigenvalue weighted by Crippen LogP contribution is -2.31. The van der Waals surface area contributed by atoms with Gasteiger partial charge in [0.2, 0.25) is 0 Å². The second-order valence-corrected chi connectivity index (χ2v) is 6.02. The summed E-state index contributed by atoms with van der Waals surface area (Å²) in [6, 6.07) is 16.8. The molecule has 2 aromatic carbocycles. The molecular weight excluding hydrogens is 370 g/mol. The number of hydrogen-bond donors (Lipinski definition) is 1. The van der Waals surface area contributed by atoms with E-state index in [0.717, 1.165) is 15.6 Å². The maximum atomic E-state index is 11.9. The molecule has 0 unspecified atom stereocenters. The SMILES string of the molecule is C[C@@H](NC(=O)COC(=O)/C=C/c1ccccc1)c1ccccc1Br. The van der Waals surface area contributed by atoms with Crippen LogP contribution in [0.5, 0.6) is 0 Å². The fourth-order valence-electron chi connectivity index (χ4n) is 2.10. The fraction of sp³-hybridized carbons (Fsp3) is 0.158. The van der Waals surface area contributed by atoms with E-state index in [0.29, 0.717) is 0 Å². The summed E-state index contributed by atoms with van der Waals surface area (Å²) in [7, 11) is 0. The van der Waals surface area contributed by atoms with Crippen LogP contribution in [0.2, 0.25) is 0 Å². The van der Waals surface area contributed by atoms with Crippen LogP contribution in [0.15, 0.2) is 65.1 Å². The molecule has 0 saturated carbocycles. The van der Waals surface area contributed by atoms with Gasteiger partial charge in [-0.15, -0.1) is 0 Å². The number of benzene rings is 2. The summed E-state index contributed by atoms with van der Waals surface area (Å²) in [6.07, 6.45) is 2.95. The minimum absolute atomic E-state index is 0.188. The molecule has 0 aliphatic carbocycles. The summed E-state index contributed by atoms with van der Waals surface area (Å²) in [4.78, 5) is 23.5. The lowest BCUT2D eigenvalue weighted by Gasteiger charge is -2.15. The third-order valence-electron chi connectivity index (χ3n) is 3.31. The van der Waals surface area contributed by atoms with E-state index >= 15 is 0 Å². The van der Waals surface area contributed by atoms with Gasteiger partial charge in [-0.3, -0.25) is 4.79 Å². The van der Waals surface area contributed by atoms with Crippen molar-refractivity contribution in [1.82, 2.24) is 5.32 Å². The summed E-state index contributed by atoms with van der Waals surface area (Å²) in [5.74, 6) is -0.901. The molecule has 0 saturated heterocycles. The highest BCUT2D eigenvalue weighted by molar-refractivity contribution is 9.10. The first-order valence-corrected chi connectivity index (χ1v) is 8.29. The third kappa shape index (κ3) is 5.66. The highest BCUT2D eigenvalue weighted by Gasteiger charge is 2.12. The van der Waals surface area contributed by atoms with Gasteiger partial charge in [0, 0.05) is 10.5 Å². The average Bonchev–Trinajstić information content (AvgIpc) is 2.59. The molecule has 2 aromatic rings. The highest BCUT2D eigenvalue weighted by atomic mass is 79.9. The molecule has 5 heteroatoms. The largest absolute Gasteiger partial charge is 0.452 e. The summed E-state index contributed by atoms with van der Waals surface area (Å²) < 4.78 is 5.86. The molecule has 0 fully saturated rings. The van der Waals surface area contributed by atoms with Gasteiger partial charge in [0.15, 0.2) is 6.61 Å². The van der Waals surface area contributed by atoms with Crippen molar-refractivity contribution in [1.29, 1.82) is 0 Å². The molecule has 1 N–H and O–H groups in total. The molecule has 0 bridgehead atoms. The second-order valence-electron chi connectivity index (χ2n) is 5.16. The third-order valence-corrected chi connectivity index (χ3v) is 4.03. The number of ether oxygens (including phenoxy) is 1. The summed E-state index contributed by atoms with van der Waals surface area (Å²) >= 11 is 3.45. The number of nitrogens with one attached hydrogen (secondary N) is 1. The molecule has 0 aliphatic rings. The Morgan fingerprint density at radius 2 is 1.79 bits per heavy atom. The van der Waals surface area contributed by atoms with Gasteiger partial charge in [-0.25, -0.2) is 4.79 Å². The summed E-state index contributed by atoms with van der Waals surface area (Å²) in [5.41, 5.74) is 1.85. The van der Waals surface area contributed by atoms with E-state index in [1.54, 1.807) is 6.08 Å². The van der Waals surface area contributed by atoms with E-state index in [1.165, 1.54) is 6.08 Å². The molecule has 0 spiro atoms. The van der Waals surface area contributed by atoms with Gasteiger partial charge < -0.3 is 10.1 Å². The maximum Gasteiger partial charge on any atom is 0.331 e. The minimum atomic E-state index is -0.553. The normalized spacial score (nSPS) is 11.9. The summed E-state index contributed by atoms with van der Waals surface area (Å²) in [6.45, 7) is 1.56. The van der Waals surface area contributed by atoms with Crippen LogP contribution in [0.25, 0.3) is 6.08 Å². The van der Waals surface area contributed by atoms with Crippen LogP contribution in [0.4, 0.5) is 0 Å². The van der Waals surface area contributed by atoms with Gasteiger partial charge in [0.1, 0.15) is 0 Å². The molecule has 24 heavy (non-hydrogen) atoms. The van der Waals surface area contributed by atoms with Crippen LogP contribution in [-0.4, -0.2) is 18.5 Å². The first-order valence-electron chi connectivity index (χ1n) is 7.50. The smallest absolute Gasteiger partial charge is 0.331 e. The van der Waals surface area contributed by atoms with Gasteiger partial charge in [-0.2, -0.15) is 0 Å². The zero-order valence-electron chi connectivity index (χ0n) is 13.2. The molecule has 1 atom stereocenters. The van der Waals surface area contributed by atoms with Crippen LogP contribution in [-0.2, 0) is 14.3 Å². The molecule has 0 radical (unpaired) electrons. The monoisotopic (exact) mass is 387 g/mol. The first kappa shape index (κ1) is 17.9. The van der Waals surface area contributed by atoms with E-state index in [2.05, 4.69) is 21.2 Å². The topological polar surface area (TPSA) is 55.4 Å². The van der Waals surface area contributed by atoms with Gasteiger partial charge in [0.25, 0.3) is 5.91 Å². The Balaban J connectivity index is 1.79. The van der Waals surface area contributed by atoms with Crippen molar-refractivity contribution in [2.75, 3.05) is 6.61 Å². The van der Waals surface area contributed by atoms with E-state index < -0.39 is 5.97 Å². The Bertz CT molecular complexity index is 728. The fourth-order valence-corrected chi connectivity index (χ4v) is 2.73. The predicted molar refractivity (Wildman–Crippen MR) is 97.1 cm³/mol. The molecule has 0 aromatic heterocycles. The van der Waals surface area contributed by atoms with Crippen molar-refractivity contribution in [3.05, 3.63) is 76.3 Å². The molecule has 1 amide bonds. The molecule has 2 rings (SSSR count). The van der Waals surface area contributed by atoms with Crippen molar-refractivity contribution in [3.63, 3.8) is 0 Å². The molecule has 4 nitrogen and oxygen atoms in total. The molecule has 124 valence electrons. The predicted octanol–water partition coefficient (Wildman–Crippen LogP) is 3.88. The van der Waals surface area contributed by atoms with E-state index in [1.807, 2.05) is 61.5 Å². The Labute approximate surface area is 149 Å². The number of rotatable bonds is 6. The molecular formula is C19H18BrNO3. The second kappa shape index (κ2) is 9.03. The Hall–Kier alpha value is -2.40. The highest BCUT2D eigenvalue weighted by Crippen LogP contribution is 2.22. The van der Waals surface area contributed by atoms with Gasteiger partial charge in [-0.1, -0.05) is 64.5 Å². The van der Waals surface area contributed by atoms with Crippen LogP contribution < -0.4 is 5.32 Å². The maximum absolute atomic E-state index is 11.9. The molecule has 0 heterocycles. The average molecular weight is 388 g/mol. The van der Waals surface area contributed by atoms with Crippen LogP contribution in [0.3, 0.4) is 0 Å². The summed E-state index contributed by atoms with van der Waals surface area (Å²) in [5, 5.41) is 2.80. The van der Waals surface area contributed by atoms with Crippen LogP contribution in [0, 0.1) is 0 Å². The first-order chi connectivity index (χ1) is 11.6. The number of carbonyl (C=O) groups excluding carboxylic acids is 2. The van der Waals surface area contributed by atoms with Crippen molar-refractivity contribution in [3.8, 4) is 0 Å². The quantitative estimate of drug-likeness (QED) is 0.604. The van der Waals surface area contributed by atoms with Gasteiger partial charge >= 0.3 is 5.97 Å². The zero-order valence-corrected chi connectivity index (χ0v) is 14.8. The van der Waals surface area contributed by atoms with Crippen molar-refractivity contribution in [2.45, 2.75) is 13.0 Å². The number of esters is 1. The Morgan fingerprint density at radius 1 is 1.12 bits per heavy atom. The van der Waals surface area contributed by atoms with Gasteiger partial charge in [0.05, 0.1) is 6.04 Å². The van der Waals surface area contributed by atoms with Crippen molar-refractivity contribution < 1.29 is 14.3 Å². The Morgan fingerprint density at radius 3 is 2.50 bits per heavy atom. The number of halogens is 1. The standard InChI is InChI=1S/C19H18BrNO3/c1-14(16-9-5-6-10-17(16)20)21-18(22)13-24-19(23)12-11-15-7-3-2-4-8-15/h2-12,14H,13H2,1H3,(H,21,22)/b12-11+/t14-/m1/s1. The van der Waals surface area contributed by atoms with E-state index in [9.17, 15) is 9.59 Å². The number of hydrogen-bond acceptors (Lipinski definition) is 3. The zero-order chi connectivity index (χ0) is 17.4. The van der Waals surface area contributed by atoms with E-state index in [-0.39, 0.29) is 18.6 Å². The lowest BCUT2D eigenvalue weighted by atomic mass is 10.1. The van der Waals surface area contributed by atoms with Crippen molar-refractivity contribution >= 4 is 33.9 Å². The number of carbonyl (C=O) groups is 2. The van der Waals surface area contributed by atoms with Crippen molar-refractivity contribution in [2.24, 2.45) is 0 Å². The van der Waals surface area contributed by atoms with E-state index in [4.69, 9.17) is 4.74 Å². The number of amides is 1.